The van der Waals surface area contributed by atoms with Crippen LogP contribution >= 0.6 is 31.8 Å². The largest absolute Gasteiger partial charge is 0.465 e. The molecule has 6 heteroatoms. The number of rotatable bonds is 7. The van der Waals surface area contributed by atoms with E-state index >= 15 is 0 Å². The fourth-order valence-electron chi connectivity index (χ4n) is 2.21. The van der Waals surface area contributed by atoms with E-state index in [2.05, 4.69) is 0 Å². The van der Waals surface area contributed by atoms with Crippen LogP contribution in [0.1, 0.15) is 29.8 Å². The molecular weight excluding hydrogens is 366 g/mol. The summed E-state index contributed by atoms with van der Waals surface area (Å²) in [5, 5.41) is 1.69. The molecule has 2 unspecified atom stereocenters. The van der Waals surface area contributed by atoms with E-state index < -0.39 is 0 Å². The van der Waals surface area contributed by atoms with Gasteiger partial charge in [0.25, 0.3) is 0 Å². The van der Waals surface area contributed by atoms with Crippen molar-refractivity contribution in [3.8, 4) is 5.75 Å². The Hall–Kier alpha value is -1.12. The molecule has 0 aliphatic heterocycles. The molecule has 0 aromatic heterocycles. The molecule has 0 N–H and O–H groups in total. The highest BCUT2D eigenvalue weighted by Gasteiger charge is 2.16. The van der Waals surface area contributed by atoms with Gasteiger partial charge in [-0.05, 0) is 64.5 Å². The van der Waals surface area contributed by atoms with E-state index in [1.165, 1.54) is 0 Å². The van der Waals surface area contributed by atoms with Crippen LogP contribution in [0.4, 0.5) is 0 Å². The molecule has 2 atom stereocenters. The second-order valence-corrected chi connectivity index (χ2v) is 7.23. The molecule has 3 nitrogen and oxygen atoms in total. The second-order valence-electron chi connectivity index (χ2n) is 5.17. The van der Waals surface area contributed by atoms with Crippen molar-refractivity contribution in [2.24, 2.45) is 0 Å². The lowest BCUT2D eigenvalue weighted by molar-refractivity contribution is -0.0613. The zero-order valence-electron chi connectivity index (χ0n) is 13.7. The van der Waals surface area contributed by atoms with Crippen LogP contribution in [0.25, 0.3) is 0 Å². The quantitative estimate of drug-likeness (QED) is 0.485. The lowest BCUT2D eigenvalue weighted by Crippen LogP contribution is -2.16. The van der Waals surface area contributed by atoms with Crippen molar-refractivity contribution < 1.29 is 14.3 Å². The van der Waals surface area contributed by atoms with Gasteiger partial charge in [0.15, 0.2) is 11.8 Å². The second kappa shape index (κ2) is 8.82. The van der Waals surface area contributed by atoms with Gasteiger partial charge in [-0.15, -0.1) is 0 Å². The molecule has 0 amide bonds. The first-order chi connectivity index (χ1) is 11.4. The highest BCUT2D eigenvalue weighted by atomic mass is 35.5. The number of ether oxygens (including phenoxy) is 2. The number of halogens is 2. The monoisotopic (exact) mass is 384 g/mol. The molecule has 24 heavy (non-hydrogen) atoms. The predicted molar refractivity (Wildman–Crippen MR) is 102 cm³/mol. The summed E-state index contributed by atoms with van der Waals surface area (Å²) in [7, 11) is -0.0547. The lowest BCUT2D eigenvalue weighted by Gasteiger charge is -2.15. The van der Waals surface area contributed by atoms with Gasteiger partial charge in [0.2, 0.25) is 0 Å². The first-order valence-electron chi connectivity index (χ1n) is 7.56. The smallest absolute Gasteiger partial charge is 0.196 e. The van der Waals surface area contributed by atoms with Crippen LogP contribution in [0.15, 0.2) is 36.4 Å². The first-order valence-corrected chi connectivity index (χ1v) is 9.32. The molecule has 0 fully saturated rings. The van der Waals surface area contributed by atoms with Crippen LogP contribution in [0, 0.1) is 6.92 Å². The van der Waals surface area contributed by atoms with E-state index in [4.69, 9.17) is 32.7 Å². The third kappa shape index (κ3) is 4.94. The Morgan fingerprint density at radius 2 is 1.88 bits per heavy atom. The van der Waals surface area contributed by atoms with Crippen LogP contribution < -0.4 is 10.0 Å². The molecule has 0 aliphatic carbocycles. The summed E-state index contributed by atoms with van der Waals surface area (Å²) in [6.45, 7) is 6.30. The molecule has 2 rings (SSSR count). The van der Waals surface area contributed by atoms with Crippen molar-refractivity contribution in [2.45, 2.75) is 27.1 Å². The lowest BCUT2D eigenvalue weighted by atomic mass is 10.2. The van der Waals surface area contributed by atoms with Crippen molar-refractivity contribution in [3.05, 3.63) is 57.6 Å². The highest BCUT2D eigenvalue weighted by Crippen LogP contribution is 2.31. The van der Waals surface area contributed by atoms with Gasteiger partial charge in [0.1, 0.15) is 5.75 Å². The Kier molecular flexibility index (Phi) is 7.06. The zero-order valence-corrected chi connectivity index (χ0v) is 16.2. The average Bonchev–Trinajstić information content (AvgIpc) is 2.50. The van der Waals surface area contributed by atoms with Gasteiger partial charge in [0, 0.05) is 6.61 Å². The zero-order chi connectivity index (χ0) is 17.7. The third-order valence-corrected chi connectivity index (χ3v) is 5.28. The van der Waals surface area contributed by atoms with Crippen molar-refractivity contribution in [1.29, 1.82) is 0 Å². The summed E-state index contributed by atoms with van der Waals surface area (Å²) in [6, 6.07) is 10.7. The van der Waals surface area contributed by atoms with Gasteiger partial charge in [-0.2, -0.15) is 0 Å². The maximum Gasteiger partial charge on any atom is 0.196 e. The van der Waals surface area contributed by atoms with Gasteiger partial charge >= 0.3 is 0 Å². The van der Waals surface area contributed by atoms with Gasteiger partial charge in [-0.25, -0.2) is 0 Å². The summed E-state index contributed by atoms with van der Waals surface area (Å²) in [6.07, 6.45) is -0.314. The standard InChI is InChI=1S/C18H19Cl2O3P/c1-4-22-12(3)23-13-8-9-16(11(2)10-13)24-18(21)17-14(19)6-5-7-15(17)20/h5-10,12,24H,4H2,1-3H3. The van der Waals surface area contributed by atoms with Gasteiger partial charge in [-0.3, -0.25) is 4.79 Å². The fourth-order valence-corrected chi connectivity index (χ4v) is 4.01. The SMILES string of the molecule is CCOC(C)Oc1ccc(PC(=O)c2c(Cl)cccc2Cl)c(C)c1. The minimum absolute atomic E-state index is 0.0547. The molecule has 0 spiro atoms. The Labute approximate surface area is 154 Å². The first kappa shape index (κ1) is 19.2. The number of carbonyl (C=O) groups excluding carboxylic acids is 1. The predicted octanol–water partition coefficient (Wildman–Crippen LogP) is 5.21. The average molecular weight is 385 g/mol. The van der Waals surface area contributed by atoms with Crippen LogP contribution in [0.2, 0.25) is 10.0 Å². The summed E-state index contributed by atoms with van der Waals surface area (Å²) in [5.41, 5.74) is 1.28. The van der Waals surface area contributed by atoms with E-state index in [1.54, 1.807) is 18.2 Å². The molecule has 0 radical (unpaired) electrons. The summed E-state index contributed by atoms with van der Waals surface area (Å²) < 4.78 is 11.0. The minimum Gasteiger partial charge on any atom is -0.465 e. The fraction of sp³-hybridized carbons (Fsp3) is 0.278. The van der Waals surface area contributed by atoms with E-state index in [1.807, 2.05) is 39.0 Å². The van der Waals surface area contributed by atoms with Crippen LogP contribution in [0.5, 0.6) is 5.75 Å². The Balaban J connectivity index is 2.14. The molecule has 2 aromatic rings. The molecule has 0 saturated heterocycles. The summed E-state index contributed by atoms with van der Waals surface area (Å²) in [4.78, 5) is 12.5. The Morgan fingerprint density at radius 1 is 1.21 bits per heavy atom. The molecule has 0 heterocycles. The van der Waals surface area contributed by atoms with Crippen molar-refractivity contribution >= 4 is 42.6 Å². The van der Waals surface area contributed by atoms with Crippen molar-refractivity contribution in [3.63, 3.8) is 0 Å². The number of benzene rings is 2. The molecule has 0 saturated carbocycles. The maximum absolute atomic E-state index is 12.5. The van der Waals surface area contributed by atoms with Crippen LogP contribution in [-0.4, -0.2) is 18.4 Å². The minimum atomic E-state index is -0.314. The highest BCUT2D eigenvalue weighted by molar-refractivity contribution is 7.66. The number of aryl methyl sites for hydroxylation is 1. The number of hydrogen-bond acceptors (Lipinski definition) is 3. The normalized spacial score (nSPS) is 12.5. The van der Waals surface area contributed by atoms with Gasteiger partial charge in [0.05, 0.1) is 15.6 Å². The molecule has 0 bridgehead atoms. The van der Waals surface area contributed by atoms with Crippen LogP contribution in [-0.2, 0) is 4.74 Å². The topological polar surface area (TPSA) is 35.5 Å². The molecule has 2 aromatic carbocycles. The number of carbonyl (C=O) groups is 1. The third-order valence-electron chi connectivity index (χ3n) is 3.34. The van der Waals surface area contributed by atoms with Crippen molar-refractivity contribution in [2.75, 3.05) is 6.61 Å². The van der Waals surface area contributed by atoms with E-state index in [9.17, 15) is 4.79 Å². The van der Waals surface area contributed by atoms with E-state index in [-0.39, 0.29) is 20.4 Å². The van der Waals surface area contributed by atoms with Crippen molar-refractivity contribution in [1.82, 2.24) is 0 Å². The van der Waals surface area contributed by atoms with E-state index in [0.29, 0.717) is 28.0 Å². The Morgan fingerprint density at radius 3 is 2.46 bits per heavy atom. The van der Waals surface area contributed by atoms with E-state index in [0.717, 1.165) is 10.9 Å². The number of hydrogen-bond donors (Lipinski definition) is 0. The summed E-state index contributed by atoms with van der Waals surface area (Å²) >= 11 is 12.2. The van der Waals surface area contributed by atoms with Crippen LogP contribution in [0.3, 0.4) is 0 Å². The molecule has 0 aliphatic rings. The summed E-state index contributed by atoms with van der Waals surface area (Å²) in [5.74, 6) is 0.713. The van der Waals surface area contributed by atoms with Gasteiger partial charge < -0.3 is 9.47 Å². The molecule has 128 valence electrons. The maximum atomic E-state index is 12.5. The van der Waals surface area contributed by atoms with Gasteiger partial charge in [-0.1, -0.05) is 35.3 Å². The molecular formula is C18H19Cl2O3P. The Bertz CT molecular complexity index is 714.